The maximum atomic E-state index is 11.7. The first-order valence-corrected chi connectivity index (χ1v) is 7.86. The first kappa shape index (κ1) is 14.5. The number of fused-ring (bicyclic) bond motifs is 1. The number of rotatable bonds is 5. The highest BCUT2D eigenvalue weighted by molar-refractivity contribution is 7.08. The molecule has 22 heavy (non-hydrogen) atoms. The number of carbonyl (C=O) groups excluding carboxylic acids is 1. The molecule has 114 valence electrons. The lowest BCUT2D eigenvalue weighted by Crippen LogP contribution is -2.35. The van der Waals surface area contributed by atoms with E-state index in [-0.39, 0.29) is 18.5 Å². The summed E-state index contributed by atoms with van der Waals surface area (Å²) in [5, 5.41) is 22.5. The van der Waals surface area contributed by atoms with Gasteiger partial charge in [-0.3, -0.25) is 4.79 Å². The third kappa shape index (κ3) is 3.06. The molecule has 0 saturated heterocycles. The van der Waals surface area contributed by atoms with Crippen LogP contribution in [-0.4, -0.2) is 38.3 Å². The van der Waals surface area contributed by atoms with Crippen molar-refractivity contribution in [3.05, 3.63) is 29.0 Å². The summed E-state index contributed by atoms with van der Waals surface area (Å²) in [6.07, 6.45) is 0. The third-order valence-electron chi connectivity index (χ3n) is 2.92. The summed E-state index contributed by atoms with van der Waals surface area (Å²) in [6, 6.07) is 5.69. The van der Waals surface area contributed by atoms with E-state index in [4.69, 9.17) is 0 Å². The van der Waals surface area contributed by atoms with Crippen LogP contribution < -0.4 is 10.6 Å². The second-order valence-electron chi connectivity index (χ2n) is 5.10. The van der Waals surface area contributed by atoms with Gasteiger partial charge in [0, 0.05) is 17.0 Å². The van der Waals surface area contributed by atoms with Crippen LogP contribution in [0.4, 0.5) is 5.82 Å². The van der Waals surface area contributed by atoms with E-state index in [1.807, 2.05) is 36.7 Å². The van der Waals surface area contributed by atoms with Gasteiger partial charge in [0.15, 0.2) is 11.5 Å². The van der Waals surface area contributed by atoms with Crippen LogP contribution >= 0.6 is 11.3 Å². The van der Waals surface area contributed by atoms with Crippen molar-refractivity contribution in [2.45, 2.75) is 19.9 Å². The number of anilines is 1. The maximum absolute atomic E-state index is 11.7. The van der Waals surface area contributed by atoms with Crippen LogP contribution in [0.1, 0.15) is 13.8 Å². The van der Waals surface area contributed by atoms with Gasteiger partial charge in [-0.2, -0.15) is 15.9 Å². The average molecular weight is 316 g/mol. The molecule has 0 aliphatic heterocycles. The smallest absolute Gasteiger partial charge is 0.239 e. The predicted octanol–water partition coefficient (Wildman–Crippen LogP) is 1.79. The predicted molar refractivity (Wildman–Crippen MR) is 85.9 cm³/mol. The second kappa shape index (κ2) is 6.10. The number of nitrogens with zero attached hydrogens (tertiary/aromatic N) is 4. The Bertz CT molecular complexity index is 780. The summed E-state index contributed by atoms with van der Waals surface area (Å²) in [5.41, 5.74) is 1.64. The van der Waals surface area contributed by atoms with Crippen molar-refractivity contribution in [1.29, 1.82) is 0 Å². The highest BCUT2D eigenvalue weighted by atomic mass is 32.1. The molecule has 0 radical (unpaired) electrons. The van der Waals surface area contributed by atoms with Crippen LogP contribution in [0, 0.1) is 0 Å². The molecule has 0 aliphatic carbocycles. The quantitative estimate of drug-likeness (QED) is 0.749. The zero-order chi connectivity index (χ0) is 15.5. The molecule has 0 unspecified atom stereocenters. The van der Waals surface area contributed by atoms with Gasteiger partial charge in [-0.05, 0) is 37.4 Å². The summed E-state index contributed by atoms with van der Waals surface area (Å²) in [7, 11) is 0. The minimum Gasteiger partial charge on any atom is -0.360 e. The van der Waals surface area contributed by atoms with Gasteiger partial charge in [0.1, 0.15) is 5.82 Å². The molecular weight excluding hydrogens is 300 g/mol. The van der Waals surface area contributed by atoms with E-state index in [0.717, 1.165) is 5.56 Å². The van der Waals surface area contributed by atoms with Crippen LogP contribution in [0.5, 0.6) is 0 Å². The summed E-state index contributed by atoms with van der Waals surface area (Å²) in [6.45, 7) is 4.02. The van der Waals surface area contributed by atoms with Crippen LogP contribution in [0.15, 0.2) is 29.0 Å². The van der Waals surface area contributed by atoms with E-state index in [9.17, 15) is 4.79 Å². The first-order valence-electron chi connectivity index (χ1n) is 6.92. The van der Waals surface area contributed by atoms with E-state index in [0.29, 0.717) is 17.3 Å². The summed E-state index contributed by atoms with van der Waals surface area (Å²) in [5.74, 6) is 1.22. The molecule has 3 aromatic rings. The third-order valence-corrected chi connectivity index (χ3v) is 3.61. The standard InChI is InChI=1S/C14H16N6OS/c1-9(2)16-13(21)7-15-11-3-4-12-17-18-14(20(12)19-11)10-5-6-22-8-10/h3-6,8-9H,7H2,1-2H3,(H,15,19)(H,16,21). The Morgan fingerprint density at radius 3 is 2.91 bits per heavy atom. The van der Waals surface area contributed by atoms with Gasteiger partial charge in [-0.15, -0.1) is 15.3 Å². The van der Waals surface area contributed by atoms with Gasteiger partial charge in [0.2, 0.25) is 5.91 Å². The highest BCUT2D eigenvalue weighted by Gasteiger charge is 2.10. The Morgan fingerprint density at radius 1 is 1.32 bits per heavy atom. The Labute approximate surface area is 131 Å². The number of amides is 1. The number of hydrogen-bond acceptors (Lipinski definition) is 6. The normalized spacial score (nSPS) is 11.0. The van der Waals surface area contributed by atoms with Crippen LogP contribution in [0.3, 0.4) is 0 Å². The lowest BCUT2D eigenvalue weighted by Gasteiger charge is -2.09. The first-order chi connectivity index (χ1) is 10.6. The minimum absolute atomic E-state index is 0.0706. The Morgan fingerprint density at radius 2 is 2.18 bits per heavy atom. The number of hydrogen-bond donors (Lipinski definition) is 2. The van der Waals surface area contributed by atoms with E-state index in [1.165, 1.54) is 0 Å². The molecule has 3 rings (SSSR count). The molecule has 0 atom stereocenters. The number of thiophene rings is 1. The molecule has 3 aromatic heterocycles. The SMILES string of the molecule is CC(C)NC(=O)CNc1ccc2nnc(-c3ccsc3)n2n1. The molecule has 7 nitrogen and oxygen atoms in total. The van der Waals surface area contributed by atoms with Crippen molar-refractivity contribution in [2.24, 2.45) is 0 Å². The Hall–Kier alpha value is -2.48. The fraction of sp³-hybridized carbons (Fsp3) is 0.286. The highest BCUT2D eigenvalue weighted by Crippen LogP contribution is 2.20. The molecule has 0 aromatic carbocycles. The van der Waals surface area contributed by atoms with Gasteiger partial charge in [-0.1, -0.05) is 0 Å². The second-order valence-corrected chi connectivity index (χ2v) is 5.88. The molecule has 3 heterocycles. The van der Waals surface area contributed by atoms with Gasteiger partial charge >= 0.3 is 0 Å². The van der Waals surface area contributed by atoms with Gasteiger partial charge in [-0.25, -0.2) is 0 Å². The van der Waals surface area contributed by atoms with Crippen molar-refractivity contribution in [3.8, 4) is 11.4 Å². The van der Waals surface area contributed by atoms with Gasteiger partial charge < -0.3 is 10.6 Å². The summed E-state index contributed by atoms with van der Waals surface area (Å²) >= 11 is 1.59. The topological polar surface area (TPSA) is 84.2 Å². The van der Waals surface area contributed by atoms with E-state index < -0.39 is 0 Å². The zero-order valence-electron chi connectivity index (χ0n) is 12.3. The van der Waals surface area contributed by atoms with Gasteiger partial charge in [0.25, 0.3) is 0 Å². The molecular formula is C14H16N6OS. The van der Waals surface area contributed by atoms with Gasteiger partial charge in [0.05, 0.1) is 6.54 Å². The van der Waals surface area contributed by atoms with Crippen LogP contribution in [0.2, 0.25) is 0 Å². The van der Waals surface area contributed by atoms with Crippen LogP contribution in [0.25, 0.3) is 17.0 Å². The molecule has 1 amide bonds. The minimum atomic E-state index is -0.0706. The van der Waals surface area contributed by atoms with E-state index in [1.54, 1.807) is 21.9 Å². The van der Waals surface area contributed by atoms with Crippen molar-refractivity contribution < 1.29 is 4.79 Å². The Kier molecular flexibility index (Phi) is 4.01. The molecule has 0 spiro atoms. The molecule has 2 N–H and O–H groups in total. The molecule has 0 aliphatic rings. The average Bonchev–Trinajstić information content (AvgIpc) is 3.12. The summed E-state index contributed by atoms with van der Waals surface area (Å²) in [4.78, 5) is 11.7. The van der Waals surface area contributed by atoms with Crippen molar-refractivity contribution in [2.75, 3.05) is 11.9 Å². The molecule has 0 saturated carbocycles. The van der Waals surface area contributed by atoms with Crippen molar-refractivity contribution >= 4 is 28.7 Å². The van der Waals surface area contributed by atoms with E-state index in [2.05, 4.69) is 25.9 Å². The van der Waals surface area contributed by atoms with Crippen molar-refractivity contribution in [1.82, 2.24) is 25.1 Å². The number of carbonyl (C=O) groups is 1. The fourth-order valence-electron chi connectivity index (χ4n) is 2.00. The Balaban J connectivity index is 1.80. The zero-order valence-corrected chi connectivity index (χ0v) is 13.1. The molecule has 0 fully saturated rings. The lowest BCUT2D eigenvalue weighted by molar-refractivity contribution is -0.119. The maximum Gasteiger partial charge on any atom is 0.239 e. The largest absolute Gasteiger partial charge is 0.360 e. The van der Waals surface area contributed by atoms with Crippen LogP contribution in [-0.2, 0) is 4.79 Å². The molecule has 0 bridgehead atoms. The molecule has 8 heteroatoms. The van der Waals surface area contributed by atoms with Crippen molar-refractivity contribution in [3.63, 3.8) is 0 Å². The number of nitrogens with one attached hydrogen (secondary N) is 2. The summed E-state index contributed by atoms with van der Waals surface area (Å²) < 4.78 is 1.67. The number of aromatic nitrogens is 4. The monoisotopic (exact) mass is 316 g/mol. The fourth-order valence-corrected chi connectivity index (χ4v) is 2.63. The van der Waals surface area contributed by atoms with E-state index >= 15 is 0 Å². The lowest BCUT2D eigenvalue weighted by atomic mass is 10.3.